The largest absolute Gasteiger partial charge is 0.490 e. The van der Waals surface area contributed by atoms with Gasteiger partial charge in [-0.15, -0.1) is 0 Å². The molecule has 214 valence electrons. The van der Waals surface area contributed by atoms with Crippen molar-refractivity contribution in [1.29, 1.82) is 0 Å². The van der Waals surface area contributed by atoms with Gasteiger partial charge in [0, 0.05) is 29.1 Å². The lowest BCUT2D eigenvalue weighted by atomic mass is 9.68. The number of hydrogen-bond acceptors (Lipinski definition) is 6. The fraction of sp³-hybridized carbons (Fsp3) is 0.516. The number of aliphatic hydroxyl groups excluding tert-OH is 1. The number of nitrogens with zero attached hydrogens (tertiary/aromatic N) is 1. The minimum absolute atomic E-state index is 0.172. The zero-order valence-electron chi connectivity index (χ0n) is 22.8. The van der Waals surface area contributed by atoms with Crippen molar-refractivity contribution in [3.63, 3.8) is 0 Å². The predicted molar refractivity (Wildman–Crippen MR) is 157 cm³/mol. The molecule has 7 nitrogen and oxygen atoms in total. The van der Waals surface area contributed by atoms with E-state index in [2.05, 4.69) is 21.8 Å². The number of amides is 1. The standard InChI is InChI=1S/C31H37ClN2O5S/c1-20-5-2-3-7-28(35)25-11-8-23(25)17-34-18-31(14-4-6-21-15-24(32)10-12-26(21)31)19-39-29-13-9-22(16-27(29)34)30(36)33-40(20,37)38/h2-3,9-10,12-13,15-16,20,23,25,28,35H,4-8,11,14,17-19H2,1H3,(H,33,36)/b3-2-/t20-,23+,25-,28+,31+/m1/s1. The number of sulfonamides is 1. The van der Waals surface area contributed by atoms with Crippen molar-refractivity contribution < 1.29 is 23.1 Å². The van der Waals surface area contributed by atoms with Crippen molar-refractivity contribution in [2.45, 2.75) is 68.6 Å². The summed E-state index contributed by atoms with van der Waals surface area (Å²) in [4.78, 5) is 15.5. The first kappa shape index (κ1) is 27.6. The molecule has 2 N–H and O–H groups in total. The van der Waals surface area contributed by atoms with Crippen LogP contribution in [-0.4, -0.2) is 50.5 Å². The molecular weight excluding hydrogens is 548 g/mol. The highest BCUT2D eigenvalue weighted by Crippen LogP contribution is 2.46. The molecule has 4 aliphatic rings. The molecule has 5 atom stereocenters. The van der Waals surface area contributed by atoms with E-state index in [9.17, 15) is 18.3 Å². The van der Waals surface area contributed by atoms with Crippen LogP contribution >= 0.6 is 11.6 Å². The van der Waals surface area contributed by atoms with E-state index in [0.29, 0.717) is 31.2 Å². The van der Waals surface area contributed by atoms with E-state index in [4.69, 9.17) is 16.3 Å². The van der Waals surface area contributed by atoms with Crippen molar-refractivity contribution in [1.82, 2.24) is 4.72 Å². The molecule has 0 radical (unpaired) electrons. The zero-order valence-corrected chi connectivity index (χ0v) is 24.4. The van der Waals surface area contributed by atoms with Crippen LogP contribution in [0.1, 0.15) is 66.9 Å². The number of ether oxygens (including phenoxy) is 1. The van der Waals surface area contributed by atoms with Crippen LogP contribution in [0, 0.1) is 11.8 Å². The van der Waals surface area contributed by atoms with Crippen LogP contribution in [0.4, 0.5) is 5.69 Å². The fourth-order valence-electron chi connectivity index (χ4n) is 6.98. The van der Waals surface area contributed by atoms with Crippen molar-refractivity contribution in [2.75, 3.05) is 24.6 Å². The van der Waals surface area contributed by atoms with Gasteiger partial charge in [-0.25, -0.2) is 13.1 Å². The first-order valence-electron chi connectivity index (χ1n) is 14.3. The third-order valence-corrected chi connectivity index (χ3v) is 11.5. The number of anilines is 1. The summed E-state index contributed by atoms with van der Waals surface area (Å²) in [7, 11) is -3.88. The number of aryl methyl sites for hydroxylation is 1. The minimum atomic E-state index is -3.88. The molecule has 1 spiro atoms. The summed E-state index contributed by atoms with van der Waals surface area (Å²) in [6.45, 7) is 3.52. The second-order valence-electron chi connectivity index (χ2n) is 12.1. The summed E-state index contributed by atoms with van der Waals surface area (Å²) < 4.78 is 34.6. The number of fused-ring (bicyclic) bond motifs is 4. The van der Waals surface area contributed by atoms with E-state index in [1.54, 1.807) is 31.2 Å². The second-order valence-corrected chi connectivity index (χ2v) is 14.6. The van der Waals surface area contributed by atoms with Gasteiger partial charge in [0.05, 0.1) is 23.6 Å². The Balaban J connectivity index is 1.42. The average molecular weight is 585 g/mol. The van der Waals surface area contributed by atoms with Gasteiger partial charge in [0.2, 0.25) is 10.0 Å². The normalized spacial score (nSPS) is 32.5. The van der Waals surface area contributed by atoms with Gasteiger partial charge < -0.3 is 14.7 Å². The molecule has 2 aliphatic carbocycles. The van der Waals surface area contributed by atoms with E-state index >= 15 is 0 Å². The molecule has 2 aromatic carbocycles. The number of allylic oxidation sites excluding steroid dienone is 1. The van der Waals surface area contributed by atoms with Crippen LogP contribution < -0.4 is 14.4 Å². The number of rotatable bonds is 0. The molecule has 6 rings (SSSR count). The van der Waals surface area contributed by atoms with Crippen LogP contribution in [0.5, 0.6) is 5.75 Å². The summed E-state index contributed by atoms with van der Waals surface area (Å²) in [5, 5.41) is 11.0. The van der Waals surface area contributed by atoms with Gasteiger partial charge >= 0.3 is 0 Å². The Morgan fingerprint density at radius 2 is 1.95 bits per heavy atom. The quantitative estimate of drug-likeness (QED) is 0.423. The number of halogens is 1. The summed E-state index contributed by atoms with van der Waals surface area (Å²) in [6.07, 6.45) is 8.93. The van der Waals surface area contributed by atoms with Crippen molar-refractivity contribution in [2.24, 2.45) is 11.8 Å². The molecule has 2 aromatic rings. The highest BCUT2D eigenvalue weighted by atomic mass is 35.5. The highest BCUT2D eigenvalue weighted by Gasteiger charge is 2.44. The second kappa shape index (κ2) is 10.7. The molecule has 0 aromatic heterocycles. The van der Waals surface area contributed by atoms with Gasteiger partial charge in [-0.3, -0.25) is 4.79 Å². The average Bonchev–Trinajstić information content (AvgIpc) is 3.05. The topological polar surface area (TPSA) is 95.9 Å². The van der Waals surface area contributed by atoms with Crippen LogP contribution in [0.2, 0.25) is 5.02 Å². The van der Waals surface area contributed by atoms with Gasteiger partial charge in [-0.2, -0.15) is 0 Å². The Bertz CT molecular complexity index is 1440. The molecule has 1 amide bonds. The van der Waals surface area contributed by atoms with Gasteiger partial charge in [0.15, 0.2) is 0 Å². The van der Waals surface area contributed by atoms with Crippen LogP contribution in [0.15, 0.2) is 48.6 Å². The number of nitrogens with one attached hydrogen (secondary N) is 1. The molecule has 0 saturated heterocycles. The lowest BCUT2D eigenvalue weighted by Crippen LogP contribution is -2.49. The maximum Gasteiger partial charge on any atom is 0.264 e. The first-order valence-corrected chi connectivity index (χ1v) is 16.3. The number of carbonyl (C=O) groups excluding carboxylic acids is 1. The lowest BCUT2D eigenvalue weighted by molar-refractivity contribution is 0.0177. The third-order valence-electron chi connectivity index (χ3n) is 9.50. The SMILES string of the molecule is C[C@@H]1C/C=C\C[C@H](O)[C@@H]2CC[C@H]2CN2C[C@@]3(CCCc4cc(Cl)ccc43)COc3ccc(cc32)C(=O)NS1(=O)=O. The highest BCUT2D eigenvalue weighted by molar-refractivity contribution is 7.90. The van der Waals surface area contributed by atoms with Gasteiger partial charge in [-0.1, -0.05) is 29.8 Å². The Labute approximate surface area is 241 Å². The van der Waals surface area contributed by atoms with E-state index in [1.807, 2.05) is 12.1 Å². The van der Waals surface area contributed by atoms with E-state index < -0.39 is 27.3 Å². The molecule has 2 bridgehead atoms. The zero-order chi connectivity index (χ0) is 28.1. The Morgan fingerprint density at radius 3 is 2.75 bits per heavy atom. The summed E-state index contributed by atoms with van der Waals surface area (Å²) in [5.74, 6) is 0.529. The van der Waals surface area contributed by atoms with Crippen molar-refractivity contribution in [3.8, 4) is 5.75 Å². The molecule has 9 heteroatoms. The van der Waals surface area contributed by atoms with Gasteiger partial charge in [0.1, 0.15) is 5.75 Å². The Kier molecular flexibility index (Phi) is 7.38. The molecule has 1 fully saturated rings. The van der Waals surface area contributed by atoms with E-state index in [1.165, 1.54) is 11.1 Å². The van der Waals surface area contributed by atoms with Crippen LogP contribution in [-0.2, 0) is 21.9 Å². The van der Waals surface area contributed by atoms with Crippen molar-refractivity contribution >= 4 is 33.2 Å². The third kappa shape index (κ3) is 5.14. The number of carbonyl (C=O) groups is 1. The van der Waals surface area contributed by atoms with Crippen molar-refractivity contribution in [3.05, 3.63) is 70.3 Å². The number of benzene rings is 2. The number of hydrogen-bond donors (Lipinski definition) is 2. The minimum Gasteiger partial charge on any atom is -0.490 e. The monoisotopic (exact) mass is 584 g/mol. The van der Waals surface area contributed by atoms with Gasteiger partial charge in [0.25, 0.3) is 5.91 Å². The maximum absolute atomic E-state index is 13.2. The lowest BCUT2D eigenvalue weighted by Gasteiger charge is -2.45. The smallest absolute Gasteiger partial charge is 0.264 e. The summed E-state index contributed by atoms with van der Waals surface area (Å²) in [6, 6.07) is 11.4. The maximum atomic E-state index is 13.2. The Morgan fingerprint density at radius 1 is 1.12 bits per heavy atom. The number of aliphatic hydroxyl groups is 1. The molecular formula is C31H37ClN2O5S. The molecule has 0 unspecified atom stereocenters. The molecule has 40 heavy (non-hydrogen) atoms. The first-order chi connectivity index (χ1) is 19.1. The van der Waals surface area contributed by atoms with E-state index in [0.717, 1.165) is 49.4 Å². The molecule has 2 aliphatic heterocycles. The van der Waals surface area contributed by atoms with E-state index in [-0.39, 0.29) is 23.3 Å². The summed E-state index contributed by atoms with van der Waals surface area (Å²) in [5.41, 5.74) is 3.34. The predicted octanol–water partition coefficient (Wildman–Crippen LogP) is 5.00. The van der Waals surface area contributed by atoms with Crippen LogP contribution in [0.3, 0.4) is 0 Å². The Hall–Kier alpha value is -2.55. The summed E-state index contributed by atoms with van der Waals surface area (Å²) >= 11 is 6.37. The molecule has 2 heterocycles. The van der Waals surface area contributed by atoms with Crippen LogP contribution in [0.25, 0.3) is 0 Å². The fourth-order valence-corrected chi connectivity index (χ4v) is 8.12. The molecule has 1 saturated carbocycles. The van der Waals surface area contributed by atoms with Gasteiger partial charge in [-0.05, 0) is 105 Å².